The molecule has 2 amide bonds. The number of rotatable bonds is 8. The number of anilines is 1. The highest BCUT2D eigenvalue weighted by atomic mass is 16.5. The Balaban J connectivity index is 1.63. The summed E-state index contributed by atoms with van der Waals surface area (Å²) in [5, 5.41) is 2.51. The second-order valence-corrected chi connectivity index (χ2v) is 6.79. The molecule has 1 saturated heterocycles. The zero-order valence-corrected chi connectivity index (χ0v) is 15.9. The molecule has 27 heavy (non-hydrogen) atoms. The number of carbonyl (C=O) groups excluding carboxylic acids is 3. The molecule has 0 bridgehead atoms. The Bertz CT molecular complexity index is 630. The molecule has 9 nitrogen and oxygen atoms in total. The summed E-state index contributed by atoms with van der Waals surface area (Å²) < 4.78 is 4.96. The fourth-order valence-electron chi connectivity index (χ4n) is 2.57. The van der Waals surface area contributed by atoms with Crippen LogP contribution in [0.15, 0.2) is 18.5 Å². The van der Waals surface area contributed by atoms with Crippen molar-refractivity contribution >= 4 is 23.7 Å². The number of piperazine rings is 1. The van der Waals surface area contributed by atoms with E-state index in [2.05, 4.69) is 15.3 Å². The van der Waals surface area contributed by atoms with E-state index in [-0.39, 0.29) is 25.0 Å². The first-order valence-electron chi connectivity index (χ1n) is 9.17. The fraction of sp³-hybridized carbons (Fsp3) is 0.611. The second kappa shape index (κ2) is 10.4. The number of nitrogens with one attached hydrogen (secondary N) is 1. The van der Waals surface area contributed by atoms with Gasteiger partial charge in [-0.3, -0.25) is 14.4 Å². The molecule has 1 aromatic rings. The van der Waals surface area contributed by atoms with Gasteiger partial charge in [-0.1, -0.05) is 13.8 Å². The van der Waals surface area contributed by atoms with Crippen molar-refractivity contribution in [2.24, 2.45) is 5.92 Å². The second-order valence-electron chi connectivity index (χ2n) is 6.79. The van der Waals surface area contributed by atoms with E-state index in [0.717, 1.165) is 6.42 Å². The minimum Gasteiger partial charge on any atom is -0.454 e. The van der Waals surface area contributed by atoms with Crippen molar-refractivity contribution < 1.29 is 19.1 Å². The highest BCUT2D eigenvalue weighted by molar-refractivity contribution is 5.84. The van der Waals surface area contributed by atoms with Crippen LogP contribution in [0.4, 0.5) is 5.95 Å². The van der Waals surface area contributed by atoms with Crippen LogP contribution in [-0.4, -0.2) is 72.0 Å². The van der Waals surface area contributed by atoms with Crippen LogP contribution in [0, 0.1) is 5.92 Å². The molecule has 0 aromatic carbocycles. The molecule has 148 valence electrons. The molecule has 0 atom stereocenters. The zero-order chi connectivity index (χ0) is 19.6. The summed E-state index contributed by atoms with van der Waals surface area (Å²) in [6.45, 7) is 5.79. The van der Waals surface area contributed by atoms with Crippen molar-refractivity contribution in [3.8, 4) is 0 Å². The third-order valence-corrected chi connectivity index (χ3v) is 4.20. The molecule has 0 radical (unpaired) electrons. The maximum absolute atomic E-state index is 12.2. The van der Waals surface area contributed by atoms with Crippen LogP contribution in [0.1, 0.15) is 26.7 Å². The number of esters is 1. The SMILES string of the molecule is CC(C)CCC(=O)NCC(=O)OCC(=O)N1CCN(c2ncccn2)CC1. The molecule has 0 spiro atoms. The predicted octanol–water partition coefficient (Wildman–Crippen LogP) is 0.221. The van der Waals surface area contributed by atoms with Crippen molar-refractivity contribution in [2.45, 2.75) is 26.7 Å². The van der Waals surface area contributed by atoms with Gasteiger partial charge in [-0.15, -0.1) is 0 Å². The van der Waals surface area contributed by atoms with E-state index >= 15 is 0 Å². The minimum atomic E-state index is -0.613. The van der Waals surface area contributed by atoms with E-state index in [1.807, 2.05) is 18.7 Å². The summed E-state index contributed by atoms with van der Waals surface area (Å²) in [5.74, 6) is 0.0189. The van der Waals surface area contributed by atoms with Crippen LogP contribution in [0.2, 0.25) is 0 Å². The number of hydrogen-bond donors (Lipinski definition) is 1. The normalized spacial score (nSPS) is 14.2. The number of amides is 2. The Hall–Kier alpha value is -2.71. The number of aromatic nitrogens is 2. The molecule has 1 aliphatic rings. The molecular weight excluding hydrogens is 350 g/mol. The van der Waals surface area contributed by atoms with Crippen LogP contribution >= 0.6 is 0 Å². The standard InChI is InChI=1S/C18H27N5O4/c1-14(2)4-5-15(24)21-12-17(26)27-13-16(25)22-8-10-23(11-9-22)18-19-6-3-7-20-18/h3,6-7,14H,4-5,8-13H2,1-2H3,(H,21,24). The van der Waals surface area contributed by atoms with Gasteiger partial charge in [-0.2, -0.15) is 0 Å². The molecule has 2 heterocycles. The molecule has 1 N–H and O–H groups in total. The molecule has 0 saturated carbocycles. The number of nitrogens with zero attached hydrogens (tertiary/aromatic N) is 4. The monoisotopic (exact) mass is 377 g/mol. The van der Waals surface area contributed by atoms with Gasteiger partial charge < -0.3 is 19.9 Å². The quantitative estimate of drug-likeness (QED) is 0.646. The molecule has 0 aliphatic carbocycles. The van der Waals surface area contributed by atoms with E-state index < -0.39 is 5.97 Å². The van der Waals surface area contributed by atoms with E-state index in [1.165, 1.54) is 0 Å². The maximum atomic E-state index is 12.2. The topological polar surface area (TPSA) is 105 Å². The first-order valence-corrected chi connectivity index (χ1v) is 9.17. The van der Waals surface area contributed by atoms with Gasteiger partial charge in [0.15, 0.2) is 6.61 Å². The molecule has 1 aromatic heterocycles. The lowest BCUT2D eigenvalue weighted by molar-refractivity contribution is -0.151. The average Bonchev–Trinajstić information content (AvgIpc) is 2.69. The van der Waals surface area contributed by atoms with Crippen LogP contribution in [-0.2, 0) is 19.1 Å². The van der Waals surface area contributed by atoms with E-state index in [1.54, 1.807) is 23.4 Å². The van der Waals surface area contributed by atoms with Gasteiger partial charge in [-0.25, -0.2) is 9.97 Å². The van der Waals surface area contributed by atoms with Crippen molar-refractivity contribution in [3.05, 3.63) is 18.5 Å². The van der Waals surface area contributed by atoms with Crippen LogP contribution in [0.5, 0.6) is 0 Å². The van der Waals surface area contributed by atoms with Gasteiger partial charge >= 0.3 is 5.97 Å². The summed E-state index contributed by atoms with van der Waals surface area (Å²) in [6.07, 6.45) is 4.50. The van der Waals surface area contributed by atoms with Gasteiger partial charge in [0.25, 0.3) is 5.91 Å². The lowest BCUT2D eigenvalue weighted by Crippen LogP contribution is -2.50. The summed E-state index contributed by atoms with van der Waals surface area (Å²) in [4.78, 5) is 47.5. The number of hydrogen-bond acceptors (Lipinski definition) is 7. The highest BCUT2D eigenvalue weighted by Gasteiger charge is 2.23. The lowest BCUT2D eigenvalue weighted by atomic mass is 10.1. The average molecular weight is 377 g/mol. The van der Waals surface area contributed by atoms with Crippen molar-refractivity contribution in [1.29, 1.82) is 0 Å². The van der Waals surface area contributed by atoms with Gasteiger partial charge in [0.05, 0.1) is 0 Å². The number of ether oxygens (including phenoxy) is 1. The maximum Gasteiger partial charge on any atom is 0.325 e. The fourth-order valence-corrected chi connectivity index (χ4v) is 2.57. The zero-order valence-electron chi connectivity index (χ0n) is 15.9. The third kappa shape index (κ3) is 7.20. The Labute approximate surface area is 159 Å². The predicted molar refractivity (Wildman–Crippen MR) is 98.9 cm³/mol. The summed E-state index contributed by atoms with van der Waals surface area (Å²) >= 11 is 0. The Morgan fingerprint density at radius 3 is 2.44 bits per heavy atom. The summed E-state index contributed by atoms with van der Waals surface area (Å²) in [7, 11) is 0. The Kier molecular flexibility index (Phi) is 7.97. The van der Waals surface area contributed by atoms with Crippen LogP contribution in [0.3, 0.4) is 0 Å². The summed E-state index contributed by atoms with van der Waals surface area (Å²) in [6, 6.07) is 1.75. The minimum absolute atomic E-state index is 0.189. The van der Waals surface area contributed by atoms with E-state index in [9.17, 15) is 14.4 Å². The van der Waals surface area contributed by atoms with Crippen molar-refractivity contribution in [3.63, 3.8) is 0 Å². The van der Waals surface area contributed by atoms with Crippen molar-refractivity contribution in [2.75, 3.05) is 44.2 Å². The Morgan fingerprint density at radius 1 is 1.15 bits per heavy atom. The van der Waals surface area contributed by atoms with E-state index in [4.69, 9.17) is 4.74 Å². The molecule has 9 heteroatoms. The van der Waals surface area contributed by atoms with Gasteiger partial charge in [0, 0.05) is 45.0 Å². The smallest absolute Gasteiger partial charge is 0.325 e. The first-order chi connectivity index (χ1) is 13.0. The van der Waals surface area contributed by atoms with Gasteiger partial charge in [-0.05, 0) is 18.4 Å². The van der Waals surface area contributed by atoms with E-state index in [0.29, 0.717) is 44.5 Å². The molecule has 1 aliphatic heterocycles. The Morgan fingerprint density at radius 2 is 1.81 bits per heavy atom. The summed E-state index contributed by atoms with van der Waals surface area (Å²) in [5.41, 5.74) is 0. The lowest BCUT2D eigenvalue weighted by Gasteiger charge is -2.34. The van der Waals surface area contributed by atoms with Crippen molar-refractivity contribution in [1.82, 2.24) is 20.2 Å². The largest absolute Gasteiger partial charge is 0.454 e. The highest BCUT2D eigenvalue weighted by Crippen LogP contribution is 2.09. The molecular formula is C18H27N5O4. The molecule has 1 fully saturated rings. The molecule has 0 unspecified atom stereocenters. The number of carbonyl (C=O) groups is 3. The van der Waals surface area contributed by atoms with Crippen LogP contribution in [0.25, 0.3) is 0 Å². The van der Waals surface area contributed by atoms with Gasteiger partial charge in [0.2, 0.25) is 11.9 Å². The molecule has 2 rings (SSSR count). The van der Waals surface area contributed by atoms with Gasteiger partial charge in [0.1, 0.15) is 6.54 Å². The van der Waals surface area contributed by atoms with Crippen LogP contribution < -0.4 is 10.2 Å². The first kappa shape index (κ1) is 20.6. The third-order valence-electron chi connectivity index (χ3n) is 4.20.